The fourth-order valence-electron chi connectivity index (χ4n) is 1.53. The molecule has 0 spiro atoms. The summed E-state index contributed by atoms with van der Waals surface area (Å²) in [5.74, 6) is -0.0370. The summed E-state index contributed by atoms with van der Waals surface area (Å²) in [4.78, 5) is 11.3. The van der Waals surface area contributed by atoms with Crippen LogP contribution in [0.4, 0.5) is 13.2 Å². The van der Waals surface area contributed by atoms with E-state index in [4.69, 9.17) is 0 Å². The third kappa shape index (κ3) is 6.05. The van der Waals surface area contributed by atoms with Crippen molar-refractivity contribution >= 4 is 17.7 Å². The molecule has 1 N–H and O–H groups in total. The summed E-state index contributed by atoms with van der Waals surface area (Å²) in [5, 5.41) is 2.49. The number of carbonyl (C=O) groups is 1. The van der Waals surface area contributed by atoms with E-state index < -0.39 is 5.51 Å². The van der Waals surface area contributed by atoms with Gasteiger partial charge in [0.1, 0.15) is 0 Å². The van der Waals surface area contributed by atoms with Gasteiger partial charge in [0.2, 0.25) is 5.91 Å². The molecule has 0 radical (unpaired) electrons. The van der Waals surface area contributed by atoms with Gasteiger partial charge in [-0.2, -0.15) is 13.2 Å². The first-order valence-corrected chi connectivity index (χ1v) is 6.10. The van der Waals surface area contributed by atoms with Crippen molar-refractivity contribution in [1.29, 1.82) is 0 Å². The molecule has 1 aliphatic carbocycles. The zero-order valence-electron chi connectivity index (χ0n) is 8.72. The molecule has 1 aliphatic rings. The second kappa shape index (κ2) is 6.18. The predicted octanol–water partition coefficient (Wildman–Crippen LogP) is 2.71. The molecule has 0 unspecified atom stereocenters. The molecular formula is C10H14F3NOS. The fraction of sp³-hybridized carbons (Fsp3) is 0.700. The maximum atomic E-state index is 11.7. The lowest BCUT2D eigenvalue weighted by molar-refractivity contribution is -0.121. The van der Waals surface area contributed by atoms with Crippen molar-refractivity contribution < 1.29 is 18.0 Å². The number of hydrogen-bond acceptors (Lipinski definition) is 2. The van der Waals surface area contributed by atoms with Gasteiger partial charge in [0.15, 0.2) is 0 Å². The SMILES string of the molecule is O=C(C[C@H]1C=CCC1)NCCSC(F)(F)F. The molecule has 0 bridgehead atoms. The van der Waals surface area contributed by atoms with E-state index in [2.05, 4.69) is 5.32 Å². The summed E-state index contributed by atoms with van der Waals surface area (Å²) in [6, 6.07) is 0. The van der Waals surface area contributed by atoms with Crippen LogP contribution >= 0.6 is 11.8 Å². The first-order valence-electron chi connectivity index (χ1n) is 5.11. The number of hydrogen-bond donors (Lipinski definition) is 1. The van der Waals surface area contributed by atoms with Crippen LogP contribution in [0, 0.1) is 5.92 Å². The van der Waals surface area contributed by atoms with Gasteiger partial charge in [-0.05, 0) is 30.5 Å². The van der Waals surface area contributed by atoms with Crippen LogP contribution in [0.15, 0.2) is 12.2 Å². The number of alkyl halides is 3. The lowest BCUT2D eigenvalue weighted by atomic mass is 10.1. The lowest BCUT2D eigenvalue weighted by Gasteiger charge is -2.09. The van der Waals surface area contributed by atoms with Gasteiger partial charge in [0.25, 0.3) is 0 Å². The number of nitrogens with one attached hydrogen (secondary N) is 1. The minimum atomic E-state index is -4.21. The molecule has 0 saturated carbocycles. The molecule has 0 aliphatic heterocycles. The van der Waals surface area contributed by atoms with Gasteiger partial charge in [-0.3, -0.25) is 4.79 Å². The van der Waals surface area contributed by atoms with Gasteiger partial charge in [0.05, 0.1) is 0 Å². The first-order chi connectivity index (χ1) is 7.47. The molecule has 1 rings (SSSR count). The topological polar surface area (TPSA) is 29.1 Å². The summed E-state index contributed by atoms with van der Waals surface area (Å²) in [6.07, 6.45) is 6.35. The Morgan fingerprint density at radius 2 is 2.25 bits per heavy atom. The van der Waals surface area contributed by atoms with Crippen molar-refractivity contribution in [3.05, 3.63) is 12.2 Å². The van der Waals surface area contributed by atoms with Crippen molar-refractivity contribution in [1.82, 2.24) is 5.32 Å². The van der Waals surface area contributed by atoms with Crippen LogP contribution in [0.25, 0.3) is 0 Å². The second-order valence-corrected chi connectivity index (χ2v) is 4.77. The quantitative estimate of drug-likeness (QED) is 0.603. The van der Waals surface area contributed by atoms with Crippen LogP contribution in [0.2, 0.25) is 0 Å². The first kappa shape index (κ1) is 13.4. The summed E-state index contributed by atoms with van der Waals surface area (Å²) in [7, 11) is 0. The summed E-state index contributed by atoms with van der Waals surface area (Å²) in [6.45, 7) is 0.0689. The molecular weight excluding hydrogens is 239 g/mol. The molecule has 0 aromatic carbocycles. The lowest BCUT2D eigenvalue weighted by Crippen LogP contribution is -2.27. The Bertz CT molecular complexity index is 265. The highest BCUT2D eigenvalue weighted by Gasteiger charge is 2.27. The third-order valence-electron chi connectivity index (χ3n) is 2.25. The number of halogens is 3. The highest BCUT2D eigenvalue weighted by molar-refractivity contribution is 8.00. The third-order valence-corrected chi connectivity index (χ3v) is 2.99. The molecule has 6 heteroatoms. The van der Waals surface area contributed by atoms with Gasteiger partial charge in [-0.15, -0.1) is 0 Å². The fourth-order valence-corrected chi connectivity index (χ4v) is 1.97. The zero-order chi connectivity index (χ0) is 12.0. The van der Waals surface area contributed by atoms with E-state index in [1.165, 1.54) is 0 Å². The second-order valence-electron chi connectivity index (χ2n) is 3.61. The molecule has 0 heterocycles. The minimum Gasteiger partial charge on any atom is -0.355 e. The Kier molecular flexibility index (Phi) is 5.18. The highest BCUT2D eigenvalue weighted by Crippen LogP contribution is 2.29. The van der Waals surface area contributed by atoms with Gasteiger partial charge in [-0.25, -0.2) is 0 Å². The maximum Gasteiger partial charge on any atom is 0.441 e. The van der Waals surface area contributed by atoms with Crippen molar-refractivity contribution in [3.8, 4) is 0 Å². The van der Waals surface area contributed by atoms with Crippen molar-refractivity contribution in [3.63, 3.8) is 0 Å². The monoisotopic (exact) mass is 253 g/mol. The van der Waals surface area contributed by atoms with Crippen LogP contribution < -0.4 is 5.32 Å². The van der Waals surface area contributed by atoms with Crippen LogP contribution in [0.5, 0.6) is 0 Å². The van der Waals surface area contributed by atoms with Crippen LogP contribution in [-0.4, -0.2) is 23.7 Å². The van der Waals surface area contributed by atoms with Gasteiger partial charge >= 0.3 is 5.51 Å². The number of allylic oxidation sites excluding steroid dienone is 2. The van der Waals surface area contributed by atoms with E-state index in [0.29, 0.717) is 6.42 Å². The Hall–Kier alpha value is -0.650. The van der Waals surface area contributed by atoms with Crippen LogP contribution in [-0.2, 0) is 4.79 Å². The average molecular weight is 253 g/mol. The largest absolute Gasteiger partial charge is 0.441 e. The Balaban J connectivity index is 2.04. The van der Waals surface area contributed by atoms with Crippen molar-refractivity contribution in [2.75, 3.05) is 12.3 Å². The Labute approximate surface area is 96.7 Å². The summed E-state index contributed by atoms with van der Waals surface area (Å²) < 4.78 is 35.2. The standard InChI is InChI=1S/C10H14F3NOS/c11-10(12,13)16-6-5-14-9(15)7-8-3-1-2-4-8/h1,3,8H,2,4-7H2,(H,14,15)/t8-/m0/s1. The van der Waals surface area contributed by atoms with E-state index in [0.717, 1.165) is 12.8 Å². The number of rotatable bonds is 5. The molecule has 0 aromatic heterocycles. The minimum absolute atomic E-state index is 0.0689. The number of thioether (sulfide) groups is 1. The van der Waals surface area contributed by atoms with E-state index in [-0.39, 0.29) is 35.9 Å². The molecule has 0 fully saturated rings. The summed E-state index contributed by atoms with van der Waals surface area (Å²) in [5.41, 5.74) is -4.21. The molecule has 16 heavy (non-hydrogen) atoms. The molecule has 1 amide bonds. The Morgan fingerprint density at radius 3 is 2.81 bits per heavy atom. The smallest absolute Gasteiger partial charge is 0.355 e. The number of carbonyl (C=O) groups excluding carboxylic acids is 1. The zero-order valence-corrected chi connectivity index (χ0v) is 9.53. The van der Waals surface area contributed by atoms with Crippen LogP contribution in [0.1, 0.15) is 19.3 Å². The van der Waals surface area contributed by atoms with E-state index in [1.54, 1.807) is 0 Å². The molecule has 92 valence electrons. The van der Waals surface area contributed by atoms with Crippen molar-refractivity contribution in [2.24, 2.45) is 5.92 Å². The Morgan fingerprint density at radius 1 is 1.50 bits per heavy atom. The maximum absolute atomic E-state index is 11.7. The average Bonchev–Trinajstić information content (AvgIpc) is 2.63. The molecule has 0 saturated heterocycles. The van der Waals surface area contributed by atoms with Crippen molar-refractivity contribution in [2.45, 2.75) is 24.8 Å². The predicted molar refractivity (Wildman–Crippen MR) is 58.0 cm³/mol. The van der Waals surface area contributed by atoms with Gasteiger partial charge in [0, 0.05) is 18.7 Å². The molecule has 0 aromatic rings. The molecule has 2 nitrogen and oxygen atoms in total. The number of amides is 1. The summed E-state index contributed by atoms with van der Waals surface area (Å²) >= 11 is -0.110. The van der Waals surface area contributed by atoms with E-state index in [9.17, 15) is 18.0 Å². The van der Waals surface area contributed by atoms with Gasteiger partial charge < -0.3 is 5.32 Å². The van der Waals surface area contributed by atoms with E-state index >= 15 is 0 Å². The highest BCUT2D eigenvalue weighted by atomic mass is 32.2. The van der Waals surface area contributed by atoms with E-state index in [1.807, 2.05) is 12.2 Å². The van der Waals surface area contributed by atoms with Crippen LogP contribution in [0.3, 0.4) is 0 Å². The normalized spacial score (nSPS) is 20.1. The molecule has 1 atom stereocenters. The van der Waals surface area contributed by atoms with Gasteiger partial charge in [-0.1, -0.05) is 12.2 Å².